The highest BCUT2D eigenvalue weighted by atomic mass is 16.5. The van der Waals surface area contributed by atoms with Crippen LogP contribution in [0.15, 0.2) is 42.5 Å². The summed E-state index contributed by atoms with van der Waals surface area (Å²) in [5, 5.41) is 3.17. The van der Waals surface area contributed by atoms with Gasteiger partial charge in [0.05, 0.1) is 0 Å². The van der Waals surface area contributed by atoms with Gasteiger partial charge in [-0.25, -0.2) is 0 Å². The zero-order valence-corrected chi connectivity index (χ0v) is 11.0. The number of hydrogen-bond donors (Lipinski definition) is 2. The van der Waals surface area contributed by atoms with Gasteiger partial charge >= 0.3 is 0 Å². The molecule has 1 aliphatic rings. The number of benzene rings is 2. The van der Waals surface area contributed by atoms with Crippen LogP contribution in [-0.2, 0) is 13.0 Å². The van der Waals surface area contributed by atoms with E-state index in [9.17, 15) is 0 Å². The van der Waals surface area contributed by atoms with Crippen molar-refractivity contribution in [2.24, 2.45) is 5.73 Å². The van der Waals surface area contributed by atoms with Crippen molar-refractivity contribution in [3.05, 3.63) is 53.6 Å². The van der Waals surface area contributed by atoms with Gasteiger partial charge in [-0.3, -0.25) is 5.32 Å². The third-order valence-electron chi connectivity index (χ3n) is 3.58. The fourth-order valence-corrected chi connectivity index (χ4v) is 2.48. The maximum absolute atomic E-state index is 5.96. The number of nitrogens with two attached hydrogens (primary N) is 1. The second-order valence-electron chi connectivity index (χ2n) is 4.79. The lowest BCUT2D eigenvalue weighted by molar-refractivity contribution is 0.204. The van der Waals surface area contributed by atoms with E-state index in [1.54, 1.807) is 0 Å². The molecule has 0 amide bonds. The number of para-hydroxylation sites is 1. The third kappa shape index (κ3) is 2.23. The highest BCUT2D eigenvalue weighted by Gasteiger charge is 2.24. The summed E-state index contributed by atoms with van der Waals surface area (Å²) in [5.41, 5.74) is 10.4. The van der Waals surface area contributed by atoms with Crippen molar-refractivity contribution in [3.8, 4) is 16.9 Å². The van der Waals surface area contributed by atoms with Gasteiger partial charge in [-0.05, 0) is 23.7 Å². The van der Waals surface area contributed by atoms with Crippen molar-refractivity contribution in [1.29, 1.82) is 0 Å². The Morgan fingerprint density at radius 2 is 2.00 bits per heavy atom. The van der Waals surface area contributed by atoms with Crippen molar-refractivity contribution in [2.45, 2.75) is 19.2 Å². The Hall–Kier alpha value is -1.84. The topological polar surface area (TPSA) is 47.3 Å². The van der Waals surface area contributed by atoms with Gasteiger partial charge in [0.1, 0.15) is 5.75 Å². The van der Waals surface area contributed by atoms with E-state index in [1.165, 1.54) is 11.1 Å². The summed E-state index contributed by atoms with van der Waals surface area (Å²) < 4.78 is 5.96. The Bertz CT molecular complexity index is 578. The van der Waals surface area contributed by atoms with Crippen molar-refractivity contribution in [3.63, 3.8) is 0 Å². The molecule has 0 bridgehead atoms. The van der Waals surface area contributed by atoms with E-state index < -0.39 is 0 Å². The van der Waals surface area contributed by atoms with E-state index in [-0.39, 0.29) is 6.23 Å². The fourth-order valence-electron chi connectivity index (χ4n) is 2.48. The Labute approximate surface area is 113 Å². The van der Waals surface area contributed by atoms with Crippen LogP contribution < -0.4 is 15.8 Å². The minimum atomic E-state index is 0.0828. The molecule has 0 saturated carbocycles. The van der Waals surface area contributed by atoms with Gasteiger partial charge in [-0.2, -0.15) is 0 Å². The molecule has 0 spiro atoms. The molecule has 2 aromatic carbocycles. The first-order chi connectivity index (χ1) is 9.31. The minimum Gasteiger partial charge on any atom is -0.474 e. The van der Waals surface area contributed by atoms with Crippen LogP contribution in [0.5, 0.6) is 5.75 Å². The standard InChI is InChI=1S/C16H18N2O/c1-18-15-9-13-3-2-4-14(16(13)19-15)12-7-5-11(10-17)6-8-12/h2-8,15,18H,9-10,17H2,1H3. The molecule has 2 aromatic rings. The number of rotatable bonds is 3. The zero-order valence-electron chi connectivity index (χ0n) is 11.0. The molecule has 1 atom stereocenters. The molecule has 0 radical (unpaired) electrons. The normalized spacial score (nSPS) is 17.1. The summed E-state index contributed by atoms with van der Waals surface area (Å²) in [5.74, 6) is 1.00. The van der Waals surface area contributed by atoms with Gasteiger partial charge in [-0.15, -0.1) is 0 Å². The van der Waals surface area contributed by atoms with Crippen molar-refractivity contribution < 1.29 is 4.74 Å². The largest absolute Gasteiger partial charge is 0.474 e. The lowest BCUT2D eigenvalue weighted by Crippen LogP contribution is -2.29. The molecular weight excluding hydrogens is 236 g/mol. The predicted octanol–water partition coefficient (Wildman–Crippen LogP) is 2.29. The van der Waals surface area contributed by atoms with Crippen LogP contribution in [0.4, 0.5) is 0 Å². The summed E-state index contributed by atoms with van der Waals surface area (Å²) in [6.07, 6.45) is 1.00. The fraction of sp³-hybridized carbons (Fsp3) is 0.250. The predicted molar refractivity (Wildman–Crippen MR) is 76.9 cm³/mol. The SMILES string of the molecule is CNC1Cc2cccc(-c3ccc(CN)cc3)c2O1. The lowest BCUT2D eigenvalue weighted by atomic mass is 10.00. The maximum Gasteiger partial charge on any atom is 0.154 e. The van der Waals surface area contributed by atoms with E-state index in [4.69, 9.17) is 10.5 Å². The van der Waals surface area contributed by atoms with Crippen molar-refractivity contribution in [2.75, 3.05) is 7.05 Å². The number of nitrogens with one attached hydrogen (secondary N) is 1. The highest BCUT2D eigenvalue weighted by molar-refractivity contribution is 5.73. The van der Waals surface area contributed by atoms with Crippen LogP contribution in [0.3, 0.4) is 0 Å². The third-order valence-corrected chi connectivity index (χ3v) is 3.58. The van der Waals surface area contributed by atoms with Gasteiger partial charge in [0, 0.05) is 18.5 Å². The highest BCUT2D eigenvalue weighted by Crippen LogP contribution is 2.38. The molecule has 0 fully saturated rings. The van der Waals surface area contributed by atoms with Gasteiger partial charge < -0.3 is 10.5 Å². The van der Waals surface area contributed by atoms with Crippen LogP contribution >= 0.6 is 0 Å². The van der Waals surface area contributed by atoms with E-state index in [0.29, 0.717) is 6.54 Å². The molecule has 0 aromatic heterocycles. The minimum absolute atomic E-state index is 0.0828. The van der Waals surface area contributed by atoms with Gasteiger partial charge in [-0.1, -0.05) is 42.5 Å². The van der Waals surface area contributed by atoms with Gasteiger partial charge in [0.25, 0.3) is 0 Å². The summed E-state index contributed by atoms with van der Waals surface area (Å²) in [6, 6.07) is 14.7. The van der Waals surface area contributed by atoms with Crippen LogP contribution in [0.1, 0.15) is 11.1 Å². The quantitative estimate of drug-likeness (QED) is 0.883. The van der Waals surface area contributed by atoms with E-state index >= 15 is 0 Å². The molecule has 3 nitrogen and oxygen atoms in total. The molecule has 3 N–H and O–H groups in total. The molecule has 1 heterocycles. The van der Waals surface area contributed by atoms with Gasteiger partial charge in [0.2, 0.25) is 0 Å². The van der Waals surface area contributed by atoms with E-state index in [0.717, 1.165) is 23.3 Å². The van der Waals surface area contributed by atoms with Crippen LogP contribution in [0.25, 0.3) is 11.1 Å². The average Bonchev–Trinajstić information content (AvgIpc) is 2.90. The number of hydrogen-bond acceptors (Lipinski definition) is 3. The smallest absolute Gasteiger partial charge is 0.154 e. The first kappa shape index (κ1) is 12.2. The average molecular weight is 254 g/mol. The monoisotopic (exact) mass is 254 g/mol. The molecule has 1 aliphatic heterocycles. The molecule has 19 heavy (non-hydrogen) atoms. The molecule has 3 rings (SSSR count). The second kappa shape index (κ2) is 5.03. The maximum atomic E-state index is 5.96. The number of fused-ring (bicyclic) bond motifs is 1. The van der Waals surface area contributed by atoms with E-state index in [1.807, 2.05) is 7.05 Å². The van der Waals surface area contributed by atoms with Crippen LogP contribution in [0.2, 0.25) is 0 Å². The first-order valence-electron chi connectivity index (χ1n) is 6.57. The lowest BCUT2D eigenvalue weighted by Gasteiger charge is -2.11. The summed E-state index contributed by atoms with van der Waals surface area (Å²) in [4.78, 5) is 0. The van der Waals surface area contributed by atoms with E-state index in [2.05, 4.69) is 47.8 Å². The Balaban J connectivity index is 2.00. The second-order valence-corrected chi connectivity index (χ2v) is 4.79. The summed E-state index contributed by atoms with van der Waals surface area (Å²) in [6.45, 7) is 0.575. The molecule has 0 saturated heterocycles. The van der Waals surface area contributed by atoms with Crippen LogP contribution in [-0.4, -0.2) is 13.3 Å². The first-order valence-corrected chi connectivity index (χ1v) is 6.57. The molecule has 1 unspecified atom stereocenters. The summed E-state index contributed by atoms with van der Waals surface area (Å²) >= 11 is 0. The zero-order chi connectivity index (χ0) is 13.2. The van der Waals surface area contributed by atoms with Crippen molar-refractivity contribution >= 4 is 0 Å². The number of likely N-dealkylation sites (N-methyl/N-ethyl adjacent to an activating group) is 1. The molecular formula is C16H18N2O. The molecule has 3 heteroatoms. The Morgan fingerprint density at radius 3 is 2.68 bits per heavy atom. The Kier molecular flexibility index (Phi) is 3.23. The van der Waals surface area contributed by atoms with Gasteiger partial charge in [0.15, 0.2) is 6.23 Å². The van der Waals surface area contributed by atoms with Crippen LogP contribution in [0, 0.1) is 0 Å². The Morgan fingerprint density at radius 1 is 1.21 bits per heavy atom. The molecule has 98 valence electrons. The number of ether oxygens (including phenoxy) is 1. The summed E-state index contributed by atoms with van der Waals surface area (Å²) in [7, 11) is 1.92. The van der Waals surface area contributed by atoms with Crippen molar-refractivity contribution in [1.82, 2.24) is 5.32 Å². The molecule has 0 aliphatic carbocycles.